The first-order valence-electron chi connectivity index (χ1n) is 2.70. The molecule has 1 aromatic rings. The zero-order chi connectivity index (χ0) is 10.3. The van der Waals surface area contributed by atoms with Gasteiger partial charge in [-0.1, -0.05) is 0 Å². The van der Waals surface area contributed by atoms with Crippen molar-refractivity contribution in [2.24, 2.45) is 5.34 Å². The third kappa shape index (κ3) is 4.58. The molecule has 0 amide bonds. The number of nitro groups is 1. The second-order valence-corrected chi connectivity index (χ2v) is 1.89. The summed E-state index contributed by atoms with van der Waals surface area (Å²) >= 11 is 5.27. The van der Waals surface area contributed by atoms with Crippen molar-refractivity contribution in [1.82, 2.24) is 9.97 Å². The van der Waals surface area contributed by atoms with Crippen LogP contribution in [0.4, 0.5) is 5.69 Å². The second-order valence-electron chi connectivity index (χ2n) is 1.55. The van der Waals surface area contributed by atoms with E-state index in [-0.39, 0.29) is 11.0 Å². The number of hydrogen-bond acceptors (Lipinski definition) is 6. The normalized spacial score (nSPS) is 8.08. The van der Waals surface area contributed by atoms with Crippen LogP contribution in [0, 0.1) is 15.0 Å². The van der Waals surface area contributed by atoms with Gasteiger partial charge in [0, 0.05) is 0 Å². The fourth-order valence-corrected chi connectivity index (χ4v) is 0.497. The Hall–Kier alpha value is -1.83. The Balaban J connectivity index is 0.000000424. The molecular weight excluding hydrogens is 204 g/mol. The molecule has 1 N–H and O–H groups in total. The fraction of sp³-hybridized carbons (Fsp3) is 0. The molecule has 1 aromatic heterocycles. The van der Waals surface area contributed by atoms with Crippen LogP contribution in [0.25, 0.3) is 0 Å². The van der Waals surface area contributed by atoms with Crippen molar-refractivity contribution >= 4 is 17.3 Å². The third-order valence-corrected chi connectivity index (χ3v) is 1.01. The first-order valence-corrected chi connectivity index (χ1v) is 3.08. The van der Waals surface area contributed by atoms with E-state index in [0.717, 1.165) is 12.4 Å². The number of rotatable bonds is 1. The van der Waals surface area contributed by atoms with Crippen LogP contribution in [0.2, 0.25) is 5.28 Å². The van der Waals surface area contributed by atoms with Crippen LogP contribution in [-0.2, 0) is 0 Å². The van der Waals surface area contributed by atoms with Gasteiger partial charge in [0.2, 0.25) is 5.28 Å². The van der Waals surface area contributed by atoms with Crippen LogP contribution in [-0.4, -0.2) is 20.1 Å². The number of nitrogens with zero attached hydrogens (tertiary/aromatic N) is 4. The van der Waals surface area contributed by atoms with Crippen molar-refractivity contribution in [3.63, 3.8) is 0 Å². The van der Waals surface area contributed by atoms with Gasteiger partial charge in [-0.3, -0.25) is 10.1 Å². The minimum atomic E-state index is -0.587. The average molecular weight is 207 g/mol. The Labute approximate surface area is 76.3 Å². The Kier molecular flexibility index (Phi) is 4.96. The van der Waals surface area contributed by atoms with Crippen molar-refractivity contribution in [1.29, 1.82) is 0 Å². The average Bonchev–Trinajstić information content (AvgIpc) is 2.06. The van der Waals surface area contributed by atoms with Crippen LogP contribution >= 0.6 is 11.6 Å². The highest BCUT2D eigenvalue weighted by Gasteiger charge is 2.04. The molecule has 0 aromatic carbocycles. The molecule has 70 valence electrons. The summed E-state index contributed by atoms with van der Waals surface area (Å²) in [6.07, 6.45) is 2.10. The zero-order valence-electron chi connectivity index (χ0n) is 5.99. The first-order chi connectivity index (χ1) is 6.11. The van der Waals surface area contributed by atoms with Gasteiger partial charge in [0.1, 0.15) is 12.4 Å². The Morgan fingerprint density at radius 3 is 2.23 bits per heavy atom. The molecule has 0 bridgehead atoms. The number of aromatic nitrogens is 2. The van der Waals surface area contributed by atoms with Gasteiger partial charge in [-0.05, 0) is 11.6 Å². The maximum atomic E-state index is 9.99. The standard InChI is InChI=1S/C4H2ClN3O2.HNO2/c5-4-6-1-3(2-7-4)8(9)10;2-1-3/h1-2H;(H,2,3). The largest absolute Gasteiger partial charge is 0.379 e. The first kappa shape index (κ1) is 11.2. The minimum Gasteiger partial charge on any atom is -0.379 e. The summed E-state index contributed by atoms with van der Waals surface area (Å²) in [7, 11) is 0. The summed E-state index contributed by atoms with van der Waals surface area (Å²) in [5, 5.41) is 17.9. The molecule has 0 aliphatic rings. The Morgan fingerprint density at radius 1 is 1.54 bits per heavy atom. The Morgan fingerprint density at radius 2 is 1.92 bits per heavy atom. The molecule has 0 fully saturated rings. The molecule has 13 heavy (non-hydrogen) atoms. The van der Waals surface area contributed by atoms with E-state index in [0.29, 0.717) is 0 Å². The molecular formula is C4H3ClN4O4. The van der Waals surface area contributed by atoms with E-state index in [1.807, 2.05) is 0 Å². The van der Waals surface area contributed by atoms with Crippen LogP contribution in [0.5, 0.6) is 0 Å². The van der Waals surface area contributed by atoms with Gasteiger partial charge in [-0.15, -0.1) is 4.91 Å². The van der Waals surface area contributed by atoms with Gasteiger partial charge in [-0.2, -0.15) is 0 Å². The lowest BCUT2D eigenvalue weighted by Gasteiger charge is -1.87. The fourth-order valence-electron chi connectivity index (χ4n) is 0.400. The summed E-state index contributed by atoms with van der Waals surface area (Å²) in [6.45, 7) is 0. The monoisotopic (exact) mass is 206 g/mol. The molecule has 8 nitrogen and oxygen atoms in total. The summed E-state index contributed by atoms with van der Waals surface area (Å²) in [4.78, 5) is 24.3. The van der Waals surface area contributed by atoms with E-state index in [2.05, 4.69) is 9.97 Å². The van der Waals surface area contributed by atoms with Gasteiger partial charge in [0.25, 0.3) is 0 Å². The zero-order valence-corrected chi connectivity index (χ0v) is 6.75. The SMILES string of the molecule is O=NO.O=[N+]([O-])c1cnc(Cl)nc1. The number of halogens is 1. The molecule has 1 heterocycles. The predicted octanol–water partition coefficient (Wildman–Crippen LogP) is 1.18. The molecule has 0 saturated carbocycles. The van der Waals surface area contributed by atoms with E-state index in [1.165, 1.54) is 5.34 Å². The Bertz CT molecular complexity index is 289. The van der Waals surface area contributed by atoms with Gasteiger partial charge in [-0.25, -0.2) is 9.97 Å². The number of hydrogen-bond donors (Lipinski definition) is 1. The molecule has 1 rings (SSSR count). The van der Waals surface area contributed by atoms with Crippen molar-refractivity contribution < 1.29 is 10.1 Å². The highest BCUT2D eigenvalue weighted by atomic mass is 35.5. The molecule has 0 aliphatic carbocycles. The van der Waals surface area contributed by atoms with Crippen molar-refractivity contribution in [3.05, 3.63) is 32.7 Å². The highest BCUT2D eigenvalue weighted by Crippen LogP contribution is 2.07. The predicted molar refractivity (Wildman–Crippen MR) is 41.3 cm³/mol. The van der Waals surface area contributed by atoms with Crippen LogP contribution in [0.1, 0.15) is 0 Å². The lowest BCUT2D eigenvalue weighted by Crippen LogP contribution is -1.90. The second kappa shape index (κ2) is 5.77. The maximum absolute atomic E-state index is 9.99. The lowest BCUT2D eigenvalue weighted by atomic mass is 10.6. The molecule has 0 spiro atoms. The van der Waals surface area contributed by atoms with E-state index >= 15 is 0 Å². The molecule has 0 radical (unpaired) electrons. The molecule has 0 aliphatic heterocycles. The third-order valence-electron chi connectivity index (χ3n) is 0.818. The lowest BCUT2D eigenvalue weighted by molar-refractivity contribution is -0.385. The summed E-state index contributed by atoms with van der Waals surface area (Å²) in [6, 6.07) is 0. The van der Waals surface area contributed by atoms with Gasteiger partial charge in [0.05, 0.1) is 4.92 Å². The summed E-state index contributed by atoms with van der Waals surface area (Å²) in [5.41, 5.74) is -0.163. The van der Waals surface area contributed by atoms with E-state index in [4.69, 9.17) is 21.7 Å². The molecule has 0 unspecified atom stereocenters. The summed E-state index contributed by atoms with van der Waals surface area (Å²) in [5.74, 6) is 0. The van der Waals surface area contributed by atoms with Crippen molar-refractivity contribution in [3.8, 4) is 0 Å². The van der Waals surface area contributed by atoms with Crippen LogP contribution in [0.3, 0.4) is 0 Å². The van der Waals surface area contributed by atoms with Gasteiger partial charge in [0.15, 0.2) is 5.34 Å². The van der Waals surface area contributed by atoms with E-state index in [9.17, 15) is 10.1 Å². The van der Waals surface area contributed by atoms with Crippen molar-refractivity contribution in [2.45, 2.75) is 0 Å². The quantitative estimate of drug-likeness (QED) is 0.319. The van der Waals surface area contributed by atoms with E-state index < -0.39 is 4.92 Å². The topological polar surface area (TPSA) is 119 Å². The maximum Gasteiger partial charge on any atom is 0.305 e. The highest BCUT2D eigenvalue weighted by molar-refractivity contribution is 6.28. The molecule has 0 saturated heterocycles. The smallest absolute Gasteiger partial charge is 0.305 e. The summed E-state index contributed by atoms with van der Waals surface area (Å²) < 4.78 is 0. The minimum absolute atomic E-state index is 0.00519. The van der Waals surface area contributed by atoms with Gasteiger partial charge >= 0.3 is 5.69 Å². The van der Waals surface area contributed by atoms with Crippen LogP contribution < -0.4 is 0 Å². The van der Waals surface area contributed by atoms with E-state index in [1.54, 1.807) is 0 Å². The molecule has 9 heteroatoms. The van der Waals surface area contributed by atoms with Crippen molar-refractivity contribution in [2.75, 3.05) is 0 Å². The van der Waals surface area contributed by atoms with Gasteiger partial charge < -0.3 is 5.21 Å². The molecule has 0 atom stereocenters. The van der Waals surface area contributed by atoms with Crippen LogP contribution in [0.15, 0.2) is 17.7 Å².